The zero-order valence-corrected chi connectivity index (χ0v) is 11.6. The summed E-state index contributed by atoms with van der Waals surface area (Å²) in [6, 6.07) is 7.79. The first-order valence-corrected chi connectivity index (χ1v) is 6.62. The van der Waals surface area contributed by atoms with Gasteiger partial charge in [0.1, 0.15) is 0 Å². The molecule has 0 bridgehead atoms. The van der Waals surface area contributed by atoms with Crippen LogP contribution in [0.25, 0.3) is 0 Å². The van der Waals surface area contributed by atoms with Crippen LogP contribution in [0.1, 0.15) is 10.4 Å². The highest BCUT2D eigenvalue weighted by Crippen LogP contribution is 2.15. The molecule has 1 atom stereocenters. The third-order valence-electron chi connectivity index (χ3n) is 3.51. The van der Waals surface area contributed by atoms with Crippen LogP contribution in [0.2, 0.25) is 0 Å². The second-order valence-corrected chi connectivity index (χ2v) is 5.03. The summed E-state index contributed by atoms with van der Waals surface area (Å²) in [4.78, 5) is 16.4. The predicted molar refractivity (Wildman–Crippen MR) is 77.5 cm³/mol. The summed E-state index contributed by atoms with van der Waals surface area (Å²) >= 11 is 0. The lowest BCUT2D eigenvalue weighted by Gasteiger charge is -2.35. The Morgan fingerprint density at radius 3 is 2.68 bits per heavy atom. The van der Waals surface area contributed by atoms with Crippen LogP contribution < -0.4 is 16.0 Å². The van der Waals surface area contributed by atoms with Crippen molar-refractivity contribution in [1.82, 2.24) is 10.2 Å². The van der Waals surface area contributed by atoms with Gasteiger partial charge in [0.25, 0.3) is 5.91 Å². The Labute approximate surface area is 114 Å². The largest absolute Gasteiger partial charge is 0.378 e. The SMILES string of the molecule is CN(C)c1ccc(C(=O)N2CCNCC2CN)cc1. The van der Waals surface area contributed by atoms with Crippen LogP contribution in [-0.4, -0.2) is 57.1 Å². The molecule has 5 nitrogen and oxygen atoms in total. The number of amides is 1. The van der Waals surface area contributed by atoms with Gasteiger partial charge in [0.2, 0.25) is 0 Å². The molecule has 1 fully saturated rings. The molecular formula is C14H22N4O. The van der Waals surface area contributed by atoms with Gasteiger partial charge in [-0.3, -0.25) is 4.79 Å². The van der Waals surface area contributed by atoms with Crippen molar-refractivity contribution in [3.05, 3.63) is 29.8 Å². The average molecular weight is 262 g/mol. The van der Waals surface area contributed by atoms with Gasteiger partial charge in [-0.2, -0.15) is 0 Å². The lowest BCUT2D eigenvalue weighted by Crippen LogP contribution is -2.56. The van der Waals surface area contributed by atoms with Crippen LogP contribution in [0.4, 0.5) is 5.69 Å². The maximum atomic E-state index is 12.5. The van der Waals surface area contributed by atoms with E-state index in [-0.39, 0.29) is 11.9 Å². The summed E-state index contributed by atoms with van der Waals surface area (Å²) in [5, 5.41) is 3.27. The van der Waals surface area contributed by atoms with E-state index in [1.54, 1.807) is 0 Å². The third-order valence-corrected chi connectivity index (χ3v) is 3.51. The van der Waals surface area contributed by atoms with E-state index in [1.807, 2.05) is 48.2 Å². The van der Waals surface area contributed by atoms with Crippen molar-refractivity contribution in [3.63, 3.8) is 0 Å². The maximum absolute atomic E-state index is 12.5. The highest BCUT2D eigenvalue weighted by Gasteiger charge is 2.26. The van der Waals surface area contributed by atoms with Crippen LogP contribution in [0.15, 0.2) is 24.3 Å². The lowest BCUT2D eigenvalue weighted by molar-refractivity contribution is 0.0645. The quantitative estimate of drug-likeness (QED) is 0.812. The summed E-state index contributed by atoms with van der Waals surface area (Å²) in [6.07, 6.45) is 0. The average Bonchev–Trinajstić information content (AvgIpc) is 2.46. The number of benzene rings is 1. The summed E-state index contributed by atoms with van der Waals surface area (Å²) < 4.78 is 0. The molecular weight excluding hydrogens is 240 g/mol. The number of rotatable bonds is 3. The molecule has 1 heterocycles. The Hall–Kier alpha value is -1.59. The number of carbonyl (C=O) groups is 1. The first kappa shape index (κ1) is 13.8. The second kappa shape index (κ2) is 6.04. The van der Waals surface area contributed by atoms with Crippen LogP contribution >= 0.6 is 0 Å². The standard InChI is InChI=1S/C14H22N4O/c1-17(2)12-5-3-11(4-6-12)14(19)18-8-7-16-10-13(18)9-15/h3-6,13,16H,7-10,15H2,1-2H3. The maximum Gasteiger partial charge on any atom is 0.254 e. The molecule has 0 spiro atoms. The van der Waals surface area contributed by atoms with Gasteiger partial charge in [-0.15, -0.1) is 0 Å². The molecule has 2 rings (SSSR count). The monoisotopic (exact) mass is 262 g/mol. The number of piperazine rings is 1. The summed E-state index contributed by atoms with van der Waals surface area (Å²) in [6.45, 7) is 2.82. The van der Waals surface area contributed by atoms with Gasteiger partial charge in [-0.25, -0.2) is 0 Å². The fraction of sp³-hybridized carbons (Fsp3) is 0.500. The molecule has 0 radical (unpaired) electrons. The van der Waals surface area contributed by atoms with Crippen LogP contribution in [0.5, 0.6) is 0 Å². The summed E-state index contributed by atoms with van der Waals surface area (Å²) in [5.41, 5.74) is 7.55. The van der Waals surface area contributed by atoms with Crippen LogP contribution in [0, 0.1) is 0 Å². The zero-order valence-electron chi connectivity index (χ0n) is 11.6. The number of hydrogen-bond donors (Lipinski definition) is 2. The molecule has 1 aliphatic rings. The number of hydrogen-bond acceptors (Lipinski definition) is 4. The molecule has 1 amide bonds. The Kier molecular flexibility index (Phi) is 4.39. The predicted octanol–water partition coefficient (Wildman–Crippen LogP) is 0.125. The fourth-order valence-electron chi connectivity index (χ4n) is 2.31. The molecule has 1 aromatic carbocycles. The van der Waals surface area contributed by atoms with Gasteiger partial charge in [-0.1, -0.05) is 0 Å². The number of carbonyl (C=O) groups excluding carboxylic acids is 1. The van der Waals surface area contributed by atoms with Crippen LogP contribution in [-0.2, 0) is 0 Å². The molecule has 104 valence electrons. The van der Waals surface area contributed by atoms with E-state index in [0.29, 0.717) is 6.54 Å². The minimum absolute atomic E-state index is 0.0715. The van der Waals surface area contributed by atoms with Crippen molar-refractivity contribution in [2.75, 3.05) is 45.2 Å². The van der Waals surface area contributed by atoms with Crippen molar-refractivity contribution in [1.29, 1.82) is 0 Å². The zero-order chi connectivity index (χ0) is 13.8. The van der Waals surface area contributed by atoms with Gasteiger partial charge in [0.05, 0.1) is 6.04 Å². The molecule has 1 saturated heterocycles. The number of nitrogens with one attached hydrogen (secondary N) is 1. The summed E-state index contributed by atoms with van der Waals surface area (Å²) in [5.74, 6) is 0.0715. The Morgan fingerprint density at radius 1 is 1.42 bits per heavy atom. The van der Waals surface area contributed by atoms with Crippen molar-refractivity contribution in [3.8, 4) is 0 Å². The fourth-order valence-corrected chi connectivity index (χ4v) is 2.31. The minimum Gasteiger partial charge on any atom is -0.378 e. The molecule has 5 heteroatoms. The Morgan fingerprint density at radius 2 is 2.11 bits per heavy atom. The minimum atomic E-state index is 0.0715. The Balaban J connectivity index is 2.13. The summed E-state index contributed by atoms with van der Waals surface area (Å²) in [7, 11) is 3.97. The van der Waals surface area contributed by atoms with Gasteiger partial charge in [0, 0.05) is 51.5 Å². The number of anilines is 1. The molecule has 1 aromatic rings. The van der Waals surface area contributed by atoms with Crippen molar-refractivity contribution < 1.29 is 4.79 Å². The molecule has 0 aliphatic carbocycles. The van der Waals surface area contributed by atoms with E-state index in [9.17, 15) is 4.79 Å². The highest BCUT2D eigenvalue weighted by molar-refractivity contribution is 5.94. The molecule has 1 unspecified atom stereocenters. The first-order chi connectivity index (χ1) is 9.13. The highest BCUT2D eigenvalue weighted by atomic mass is 16.2. The molecule has 0 saturated carbocycles. The topological polar surface area (TPSA) is 61.6 Å². The van der Waals surface area contributed by atoms with Crippen LogP contribution in [0.3, 0.4) is 0 Å². The third kappa shape index (κ3) is 3.05. The smallest absolute Gasteiger partial charge is 0.254 e. The number of nitrogens with zero attached hydrogens (tertiary/aromatic N) is 2. The normalized spacial score (nSPS) is 19.3. The van der Waals surface area contributed by atoms with E-state index in [1.165, 1.54) is 0 Å². The van der Waals surface area contributed by atoms with E-state index in [2.05, 4.69) is 5.32 Å². The molecule has 1 aliphatic heterocycles. The van der Waals surface area contributed by atoms with E-state index >= 15 is 0 Å². The van der Waals surface area contributed by atoms with Gasteiger partial charge in [-0.05, 0) is 24.3 Å². The van der Waals surface area contributed by atoms with E-state index < -0.39 is 0 Å². The van der Waals surface area contributed by atoms with E-state index in [0.717, 1.165) is 30.9 Å². The molecule has 19 heavy (non-hydrogen) atoms. The van der Waals surface area contributed by atoms with Crippen molar-refractivity contribution in [2.45, 2.75) is 6.04 Å². The Bertz CT molecular complexity index is 430. The van der Waals surface area contributed by atoms with Crippen molar-refractivity contribution >= 4 is 11.6 Å². The van der Waals surface area contributed by atoms with Gasteiger partial charge < -0.3 is 20.9 Å². The lowest BCUT2D eigenvalue weighted by atomic mass is 10.1. The molecule has 3 N–H and O–H groups in total. The molecule has 0 aromatic heterocycles. The van der Waals surface area contributed by atoms with Crippen molar-refractivity contribution in [2.24, 2.45) is 5.73 Å². The van der Waals surface area contributed by atoms with Gasteiger partial charge >= 0.3 is 0 Å². The van der Waals surface area contributed by atoms with Gasteiger partial charge in [0.15, 0.2) is 0 Å². The van der Waals surface area contributed by atoms with E-state index in [4.69, 9.17) is 5.73 Å². The first-order valence-electron chi connectivity index (χ1n) is 6.62. The second-order valence-electron chi connectivity index (χ2n) is 5.03. The number of nitrogens with two attached hydrogens (primary N) is 1.